The van der Waals surface area contributed by atoms with Gasteiger partial charge in [-0.2, -0.15) is 0 Å². The Morgan fingerprint density at radius 1 is 1.22 bits per heavy atom. The Bertz CT molecular complexity index is 820. The SMILES string of the molecule is CC(=O)Nc1cc(C(=O)NC[C@@H]2CCCO2)ccc1Sc1ccc(F)cc1. The average molecular weight is 388 g/mol. The van der Waals surface area contributed by atoms with E-state index < -0.39 is 0 Å². The van der Waals surface area contributed by atoms with Crippen LogP contribution in [0.25, 0.3) is 0 Å². The first-order chi connectivity index (χ1) is 13.0. The van der Waals surface area contributed by atoms with Gasteiger partial charge in [0.2, 0.25) is 5.91 Å². The monoisotopic (exact) mass is 388 g/mol. The van der Waals surface area contributed by atoms with Gasteiger partial charge in [-0.15, -0.1) is 0 Å². The second-order valence-electron chi connectivity index (χ2n) is 6.29. The van der Waals surface area contributed by atoms with Gasteiger partial charge in [0.05, 0.1) is 11.8 Å². The average Bonchev–Trinajstić information content (AvgIpc) is 3.16. The van der Waals surface area contributed by atoms with Crippen molar-refractivity contribution in [3.05, 3.63) is 53.8 Å². The minimum atomic E-state index is -0.306. The third-order valence-corrected chi connectivity index (χ3v) is 5.19. The molecule has 2 N–H and O–H groups in total. The Hall–Kier alpha value is -2.38. The standard InChI is InChI=1S/C20H21FN2O3S/c1-13(24)23-18-11-14(20(25)22-12-16-3-2-10-26-16)4-9-19(18)27-17-7-5-15(21)6-8-17/h4-9,11,16H,2-3,10,12H2,1H3,(H,22,25)(H,23,24)/t16-/m0/s1. The van der Waals surface area contributed by atoms with Gasteiger partial charge in [-0.05, 0) is 55.3 Å². The van der Waals surface area contributed by atoms with Crippen LogP contribution in [-0.2, 0) is 9.53 Å². The second kappa shape index (κ2) is 9.01. The normalized spacial score (nSPS) is 16.1. The third kappa shape index (κ3) is 5.55. The lowest BCUT2D eigenvalue weighted by Crippen LogP contribution is -2.31. The maximum absolute atomic E-state index is 13.1. The van der Waals surface area contributed by atoms with Crippen molar-refractivity contribution in [3.63, 3.8) is 0 Å². The highest BCUT2D eigenvalue weighted by molar-refractivity contribution is 7.99. The van der Waals surface area contributed by atoms with Crippen LogP contribution < -0.4 is 10.6 Å². The van der Waals surface area contributed by atoms with Crippen molar-refractivity contribution in [1.29, 1.82) is 0 Å². The topological polar surface area (TPSA) is 67.4 Å². The number of carbonyl (C=O) groups is 2. The molecule has 27 heavy (non-hydrogen) atoms. The largest absolute Gasteiger partial charge is 0.376 e. The molecular formula is C20H21FN2O3S. The van der Waals surface area contributed by atoms with Gasteiger partial charge in [0.25, 0.3) is 5.91 Å². The summed E-state index contributed by atoms with van der Waals surface area (Å²) in [6.45, 7) is 2.62. The molecule has 0 unspecified atom stereocenters. The first kappa shape index (κ1) is 19.4. The number of nitrogens with one attached hydrogen (secondary N) is 2. The number of anilines is 1. The molecular weight excluding hydrogens is 367 g/mol. The first-order valence-electron chi connectivity index (χ1n) is 8.76. The fraction of sp³-hybridized carbons (Fsp3) is 0.300. The molecule has 2 amide bonds. The van der Waals surface area contributed by atoms with Crippen LogP contribution in [0.4, 0.5) is 10.1 Å². The van der Waals surface area contributed by atoms with E-state index in [-0.39, 0.29) is 23.7 Å². The van der Waals surface area contributed by atoms with Crippen molar-refractivity contribution in [2.75, 3.05) is 18.5 Å². The fourth-order valence-electron chi connectivity index (χ4n) is 2.79. The summed E-state index contributed by atoms with van der Waals surface area (Å²) in [6, 6.07) is 11.2. The van der Waals surface area contributed by atoms with E-state index in [9.17, 15) is 14.0 Å². The number of rotatable bonds is 6. The van der Waals surface area contributed by atoms with E-state index in [1.54, 1.807) is 30.3 Å². The highest BCUT2D eigenvalue weighted by atomic mass is 32.2. The summed E-state index contributed by atoms with van der Waals surface area (Å²) in [5.74, 6) is -0.747. The molecule has 142 valence electrons. The third-order valence-electron chi connectivity index (χ3n) is 4.11. The summed E-state index contributed by atoms with van der Waals surface area (Å²) in [7, 11) is 0. The van der Waals surface area contributed by atoms with Gasteiger partial charge >= 0.3 is 0 Å². The van der Waals surface area contributed by atoms with E-state index >= 15 is 0 Å². The summed E-state index contributed by atoms with van der Waals surface area (Å²) >= 11 is 1.39. The van der Waals surface area contributed by atoms with Gasteiger partial charge in [-0.1, -0.05) is 11.8 Å². The minimum absolute atomic E-state index is 0.0667. The smallest absolute Gasteiger partial charge is 0.251 e. The number of hydrogen-bond donors (Lipinski definition) is 2. The maximum Gasteiger partial charge on any atom is 0.251 e. The molecule has 7 heteroatoms. The molecule has 0 aliphatic carbocycles. The molecule has 1 fully saturated rings. The number of benzene rings is 2. The van der Waals surface area contributed by atoms with Gasteiger partial charge in [0.15, 0.2) is 0 Å². The molecule has 1 heterocycles. The van der Waals surface area contributed by atoms with Crippen molar-refractivity contribution in [2.24, 2.45) is 0 Å². The lowest BCUT2D eigenvalue weighted by atomic mass is 10.1. The number of ether oxygens (including phenoxy) is 1. The molecule has 1 aliphatic heterocycles. The molecule has 2 aromatic rings. The molecule has 0 bridgehead atoms. The van der Waals surface area contributed by atoms with Crippen LogP contribution >= 0.6 is 11.8 Å². The van der Waals surface area contributed by atoms with Crippen molar-refractivity contribution < 1.29 is 18.7 Å². The zero-order valence-electron chi connectivity index (χ0n) is 15.0. The molecule has 1 atom stereocenters. The lowest BCUT2D eigenvalue weighted by Gasteiger charge is -2.14. The van der Waals surface area contributed by atoms with Crippen molar-refractivity contribution in [1.82, 2.24) is 5.32 Å². The van der Waals surface area contributed by atoms with Crippen molar-refractivity contribution in [3.8, 4) is 0 Å². The van der Waals surface area contributed by atoms with Gasteiger partial charge in [-0.3, -0.25) is 9.59 Å². The Morgan fingerprint density at radius 3 is 2.67 bits per heavy atom. The summed E-state index contributed by atoms with van der Waals surface area (Å²) < 4.78 is 18.6. The van der Waals surface area contributed by atoms with Crippen LogP contribution in [0, 0.1) is 5.82 Å². The molecule has 0 aromatic heterocycles. The fourth-order valence-corrected chi connectivity index (χ4v) is 3.67. The number of carbonyl (C=O) groups excluding carboxylic acids is 2. The Morgan fingerprint density at radius 2 is 2.00 bits per heavy atom. The zero-order valence-corrected chi connectivity index (χ0v) is 15.8. The van der Waals surface area contributed by atoms with Gasteiger partial charge in [-0.25, -0.2) is 4.39 Å². The van der Waals surface area contributed by atoms with Crippen molar-refractivity contribution in [2.45, 2.75) is 35.7 Å². The molecule has 0 radical (unpaired) electrons. The number of amides is 2. The van der Waals surface area contributed by atoms with E-state index in [0.29, 0.717) is 17.8 Å². The van der Waals surface area contributed by atoms with E-state index in [4.69, 9.17) is 4.74 Å². The number of halogens is 1. The van der Waals surface area contributed by atoms with Gasteiger partial charge in [0.1, 0.15) is 5.82 Å². The highest BCUT2D eigenvalue weighted by Gasteiger charge is 2.17. The summed E-state index contributed by atoms with van der Waals surface area (Å²) in [6.07, 6.45) is 2.03. The quantitative estimate of drug-likeness (QED) is 0.789. The van der Waals surface area contributed by atoms with E-state index in [0.717, 1.165) is 29.2 Å². The highest BCUT2D eigenvalue weighted by Crippen LogP contribution is 2.34. The predicted octanol–water partition coefficient (Wildman–Crippen LogP) is 3.84. The Balaban J connectivity index is 1.74. The predicted molar refractivity (Wildman–Crippen MR) is 103 cm³/mol. The van der Waals surface area contributed by atoms with E-state index in [1.807, 2.05) is 0 Å². The lowest BCUT2D eigenvalue weighted by molar-refractivity contribution is -0.114. The van der Waals surface area contributed by atoms with Crippen LogP contribution in [-0.4, -0.2) is 31.1 Å². The molecule has 1 saturated heterocycles. The van der Waals surface area contributed by atoms with Gasteiger partial charge in [0, 0.05) is 35.4 Å². The van der Waals surface area contributed by atoms with E-state index in [2.05, 4.69) is 10.6 Å². The van der Waals surface area contributed by atoms with Gasteiger partial charge < -0.3 is 15.4 Å². The molecule has 1 aliphatic rings. The Kier molecular flexibility index (Phi) is 6.47. The summed E-state index contributed by atoms with van der Waals surface area (Å²) in [4.78, 5) is 25.6. The second-order valence-corrected chi connectivity index (χ2v) is 7.41. The van der Waals surface area contributed by atoms with Crippen LogP contribution in [0.3, 0.4) is 0 Å². The first-order valence-corrected chi connectivity index (χ1v) is 9.58. The van der Waals surface area contributed by atoms with E-state index in [1.165, 1.54) is 30.8 Å². The molecule has 0 saturated carbocycles. The van der Waals surface area contributed by atoms with Crippen LogP contribution in [0.2, 0.25) is 0 Å². The summed E-state index contributed by atoms with van der Waals surface area (Å²) in [5, 5.41) is 5.63. The van der Waals surface area contributed by atoms with Crippen LogP contribution in [0.15, 0.2) is 52.3 Å². The van der Waals surface area contributed by atoms with Crippen LogP contribution in [0.5, 0.6) is 0 Å². The molecule has 5 nitrogen and oxygen atoms in total. The summed E-state index contributed by atoms with van der Waals surface area (Å²) in [5.41, 5.74) is 1.00. The zero-order chi connectivity index (χ0) is 19.2. The van der Waals surface area contributed by atoms with Crippen LogP contribution in [0.1, 0.15) is 30.1 Å². The minimum Gasteiger partial charge on any atom is -0.376 e. The molecule has 0 spiro atoms. The maximum atomic E-state index is 13.1. The van der Waals surface area contributed by atoms with Crippen molar-refractivity contribution >= 4 is 29.3 Å². The molecule has 3 rings (SSSR count). The molecule has 2 aromatic carbocycles. The Labute approximate surface area is 161 Å². The number of hydrogen-bond acceptors (Lipinski definition) is 4.